The Bertz CT molecular complexity index is 803. The fraction of sp³-hybridized carbons (Fsp3) is 0.942. The summed E-state index contributed by atoms with van der Waals surface area (Å²) in [5.41, 5.74) is 0. The van der Waals surface area contributed by atoms with Crippen LogP contribution in [0.4, 0.5) is 0 Å². The van der Waals surface area contributed by atoms with Crippen LogP contribution >= 0.6 is 0 Å². The van der Waals surface area contributed by atoms with E-state index >= 15 is 0 Å². The average Bonchev–Trinajstić information content (AvgIpc) is 3.22. The number of aliphatic hydroxyl groups excluding tert-OH is 3. The minimum Gasteiger partial charge on any atom is -0.394 e. The number of hydrogen-bond acceptors (Lipinski definition) is 4. The van der Waals surface area contributed by atoms with E-state index in [9.17, 15) is 20.1 Å². The molecular weight excluding hydrogens is 703 g/mol. The van der Waals surface area contributed by atoms with Crippen molar-refractivity contribution in [2.45, 2.75) is 308 Å². The second-order valence-electron chi connectivity index (χ2n) is 18.1. The summed E-state index contributed by atoms with van der Waals surface area (Å²) in [7, 11) is 0. The number of unbranched alkanes of at least 4 members (excludes halogenated alkanes) is 38. The molecule has 57 heavy (non-hydrogen) atoms. The first kappa shape index (κ1) is 56.1. The first-order valence-corrected chi connectivity index (χ1v) is 26.0. The van der Waals surface area contributed by atoms with Gasteiger partial charge in [0.15, 0.2) is 0 Å². The van der Waals surface area contributed by atoms with Gasteiger partial charge in [0.25, 0.3) is 0 Å². The van der Waals surface area contributed by atoms with Crippen molar-refractivity contribution in [1.82, 2.24) is 5.32 Å². The summed E-state index contributed by atoms with van der Waals surface area (Å²) in [6.45, 7) is 4.21. The summed E-state index contributed by atoms with van der Waals surface area (Å²) in [5.74, 6) is -0.141. The maximum Gasteiger partial charge on any atom is 0.220 e. The molecule has 0 saturated carbocycles. The Morgan fingerprint density at radius 1 is 0.421 bits per heavy atom. The van der Waals surface area contributed by atoms with E-state index in [0.29, 0.717) is 12.8 Å². The maximum atomic E-state index is 12.5. The number of aliphatic hydroxyl groups is 3. The van der Waals surface area contributed by atoms with Crippen LogP contribution in [0.2, 0.25) is 0 Å². The van der Waals surface area contributed by atoms with Crippen LogP contribution in [0.1, 0.15) is 290 Å². The predicted octanol–water partition coefficient (Wildman–Crippen LogP) is 15.6. The number of rotatable bonds is 48. The van der Waals surface area contributed by atoms with Crippen LogP contribution in [0.5, 0.6) is 0 Å². The first-order chi connectivity index (χ1) is 28.1. The molecule has 0 spiro atoms. The lowest BCUT2D eigenvalue weighted by Gasteiger charge is -2.26. The van der Waals surface area contributed by atoms with Gasteiger partial charge in [0.1, 0.15) is 6.10 Å². The van der Waals surface area contributed by atoms with E-state index < -0.39 is 18.2 Å². The van der Waals surface area contributed by atoms with Crippen LogP contribution in [0, 0.1) is 0 Å². The summed E-state index contributed by atoms with van der Waals surface area (Å²) in [5, 5.41) is 33.7. The van der Waals surface area contributed by atoms with E-state index in [4.69, 9.17) is 0 Å². The van der Waals surface area contributed by atoms with Crippen molar-refractivity contribution < 1.29 is 20.1 Å². The molecule has 1 amide bonds. The molecule has 0 radical (unpaired) electrons. The van der Waals surface area contributed by atoms with E-state index in [1.807, 2.05) is 0 Å². The molecule has 0 fully saturated rings. The maximum absolute atomic E-state index is 12.5. The van der Waals surface area contributed by atoms with Gasteiger partial charge in [-0.3, -0.25) is 4.79 Å². The third kappa shape index (κ3) is 43.0. The molecule has 5 nitrogen and oxygen atoms in total. The van der Waals surface area contributed by atoms with E-state index in [2.05, 4.69) is 31.3 Å². The van der Waals surface area contributed by atoms with Gasteiger partial charge in [-0.2, -0.15) is 0 Å². The van der Waals surface area contributed by atoms with Gasteiger partial charge in [-0.25, -0.2) is 0 Å². The number of nitrogens with one attached hydrogen (secondary N) is 1. The number of carbonyl (C=O) groups excluding carboxylic acids is 1. The van der Waals surface area contributed by atoms with Crippen molar-refractivity contribution in [3.8, 4) is 0 Å². The zero-order chi connectivity index (χ0) is 41.5. The van der Waals surface area contributed by atoms with Crippen LogP contribution in [0.3, 0.4) is 0 Å². The summed E-state index contributed by atoms with van der Waals surface area (Å²) in [4.78, 5) is 12.5. The van der Waals surface area contributed by atoms with Crippen LogP contribution in [0.25, 0.3) is 0 Å². The Balaban J connectivity index is 3.54. The van der Waals surface area contributed by atoms with E-state index in [0.717, 1.165) is 32.1 Å². The van der Waals surface area contributed by atoms with E-state index in [1.165, 1.54) is 231 Å². The molecule has 0 aliphatic carbocycles. The van der Waals surface area contributed by atoms with Crippen molar-refractivity contribution >= 4 is 5.91 Å². The molecule has 0 saturated heterocycles. The minimum atomic E-state index is -1.13. The molecule has 340 valence electrons. The zero-order valence-corrected chi connectivity index (χ0v) is 38.7. The molecule has 0 rings (SSSR count). The highest BCUT2D eigenvalue weighted by molar-refractivity contribution is 5.76. The summed E-state index contributed by atoms with van der Waals surface area (Å²) in [6, 6.07) is -0.807. The molecule has 4 N–H and O–H groups in total. The van der Waals surface area contributed by atoms with Crippen molar-refractivity contribution in [1.29, 1.82) is 0 Å². The number of hydrogen-bond donors (Lipinski definition) is 4. The molecule has 3 atom stereocenters. The van der Waals surface area contributed by atoms with Gasteiger partial charge in [0.2, 0.25) is 5.91 Å². The number of carbonyl (C=O) groups is 1. The van der Waals surface area contributed by atoms with Crippen LogP contribution in [-0.4, -0.2) is 46.1 Å². The second kappa shape index (κ2) is 47.8. The van der Waals surface area contributed by atoms with Crippen LogP contribution in [-0.2, 0) is 4.79 Å². The van der Waals surface area contributed by atoms with Gasteiger partial charge >= 0.3 is 0 Å². The Kier molecular flexibility index (Phi) is 47.0. The molecule has 3 unspecified atom stereocenters. The lowest BCUT2D eigenvalue weighted by Crippen LogP contribution is -2.50. The second-order valence-corrected chi connectivity index (χ2v) is 18.1. The van der Waals surface area contributed by atoms with E-state index in [1.54, 1.807) is 0 Å². The third-order valence-electron chi connectivity index (χ3n) is 12.4. The monoisotopic (exact) mass is 806 g/mol. The Morgan fingerprint density at radius 2 is 0.702 bits per heavy atom. The van der Waals surface area contributed by atoms with Gasteiger partial charge in [-0.15, -0.1) is 0 Å². The van der Waals surface area contributed by atoms with E-state index in [-0.39, 0.29) is 12.5 Å². The number of amides is 1. The minimum absolute atomic E-state index is 0.141. The fourth-order valence-corrected chi connectivity index (χ4v) is 8.34. The Hall–Kier alpha value is -0.910. The van der Waals surface area contributed by atoms with Gasteiger partial charge in [0.05, 0.1) is 18.8 Å². The van der Waals surface area contributed by atoms with Gasteiger partial charge in [-0.1, -0.05) is 257 Å². The molecule has 0 aliphatic heterocycles. The van der Waals surface area contributed by atoms with Crippen LogP contribution < -0.4 is 5.32 Å². The smallest absolute Gasteiger partial charge is 0.220 e. The third-order valence-corrected chi connectivity index (χ3v) is 12.4. The van der Waals surface area contributed by atoms with Gasteiger partial charge in [0, 0.05) is 6.42 Å². The molecule has 0 bridgehead atoms. The molecule has 0 aromatic carbocycles. The fourth-order valence-electron chi connectivity index (χ4n) is 8.34. The van der Waals surface area contributed by atoms with Crippen LogP contribution in [0.15, 0.2) is 12.2 Å². The molecule has 0 aliphatic rings. The Morgan fingerprint density at radius 3 is 1.02 bits per heavy atom. The topological polar surface area (TPSA) is 89.8 Å². The summed E-state index contributed by atoms with van der Waals surface area (Å²) in [6.07, 6.45) is 57.7. The van der Waals surface area contributed by atoms with Gasteiger partial charge < -0.3 is 20.6 Å². The molecule has 5 heteroatoms. The highest BCUT2D eigenvalue weighted by atomic mass is 16.3. The van der Waals surface area contributed by atoms with Crippen molar-refractivity contribution in [3.63, 3.8) is 0 Å². The SMILES string of the molecule is CCCCCCCCCCCCCC/C=C\CCCCCCCCCCCCC(=O)NC(CO)C(O)C(O)CCCCCCCCCCCCCCCCCCC. The molecular formula is C52H103NO4. The predicted molar refractivity (Wildman–Crippen MR) is 250 cm³/mol. The average molecular weight is 806 g/mol. The highest BCUT2D eigenvalue weighted by Gasteiger charge is 2.26. The molecule has 0 heterocycles. The van der Waals surface area contributed by atoms with Crippen molar-refractivity contribution in [2.75, 3.05) is 6.61 Å². The Labute approximate surface area is 357 Å². The van der Waals surface area contributed by atoms with Crippen molar-refractivity contribution in [2.24, 2.45) is 0 Å². The summed E-state index contributed by atoms with van der Waals surface area (Å²) < 4.78 is 0. The molecule has 0 aromatic rings. The standard InChI is InChI=1S/C52H103NO4/c1-3-5-7-9-11-13-15-17-19-21-22-23-24-25-26-27-28-29-31-33-35-37-39-41-43-45-47-51(56)53-49(48-54)52(57)50(55)46-44-42-40-38-36-34-32-30-20-18-16-14-12-10-8-6-4-2/h25-26,49-50,52,54-55,57H,3-24,27-48H2,1-2H3,(H,53,56)/b26-25-. The molecule has 0 aromatic heterocycles. The normalized spacial score (nSPS) is 13.4. The largest absolute Gasteiger partial charge is 0.394 e. The lowest BCUT2D eigenvalue weighted by molar-refractivity contribution is -0.124. The lowest BCUT2D eigenvalue weighted by atomic mass is 9.99. The highest BCUT2D eigenvalue weighted by Crippen LogP contribution is 2.17. The zero-order valence-electron chi connectivity index (χ0n) is 38.7. The number of allylic oxidation sites excluding steroid dienone is 2. The first-order valence-electron chi connectivity index (χ1n) is 26.0. The van der Waals surface area contributed by atoms with Crippen molar-refractivity contribution in [3.05, 3.63) is 12.2 Å². The summed E-state index contributed by atoms with van der Waals surface area (Å²) >= 11 is 0. The van der Waals surface area contributed by atoms with Gasteiger partial charge in [-0.05, 0) is 38.5 Å². The quantitative estimate of drug-likeness (QED) is 0.0364.